The van der Waals surface area contributed by atoms with Crippen LogP contribution in [0.15, 0.2) is 0 Å². The van der Waals surface area contributed by atoms with Crippen molar-refractivity contribution in [3.8, 4) is 0 Å². The van der Waals surface area contributed by atoms with E-state index < -0.39 is 0 Å². The van der Waals surface area contributed by atoms with Gasteiger partial charge in [0.2, 0.25) is 0 Å². The van der Waals surface area contributed by atoms with Gasteiger partial charge in [0.05, 0.1) is 0 Å². The number of rotatable bonds is 5. The van der Waals surface area contributed by atoms with E-state index in [1.807, 2.05) is 0 Å². The first kappa shape index (κ1) is 14.3. The van der Waals surface area contributed by atoms with Crippen LogP contribution in [-0.2, 0) is 0 Å². The van der Waals surface area contributed by atoms with Crippen molar-refractivity contribution in [2.24, 2.45) is 11.3 Å². The van der Waals surface area contributed by atoms with Gasteiger partial charge >= 0.3 is 0 Å². The summed E-state index contributed by atoms with van der Waals surface area (Å²) in [5.74, 6) is 0.935. The fourth-order valence-corrected chi connectivity index (χ4v) is 3.31. The van der Waals surface area contributed by atoms with E-state index in [1.54, 1.807) is 0 Å². The summed E-state index contributed by atoms with van der Waals surface area (Å²) in [4.78, 5) is 2.52. The molecule has 2 aliphatic rings. The minimum Gasteiger partial charge on any atom is -0.313 e. The molecule has 2 rings (SSSR count). The lowest BCUT2D eigenvalue weighted by atomic mass is 9.71. The molecule has 1 N–H and O–H groups in total. The predicted octanol–water partition coefficient (Wildman–Crippen LogP) is 3.28. The van der Waals surface area contributed by atoms with Gasteiger partial charge in [-0.2, -0.15) is 0 Å². The van der Waals surface area contributed by atoms with Gasteiger partial charge in [0.25, 0.3) is 0 Å². The van der Waals surface area contributed by atoms with E-state index in [0.29, 0.717) is 5.41 Å². The maximum Gasteiger partial charge on any atom is 0.0107 e. The quantitative estimate of drug-likeness (QED) is 0.808. The van der Waals surface area contributed by atoms with Crippen LogP contribution in [0.2, 0.25) is 0 Å². The van der Waals surface area contributed by atoms with Crippen molar-refractivity contribution in [3.05, 3.63) is 0 Å². The monoisotopic (exact) mass is 252 g/mol. The second-order valence-corrected chi connectivity index (χ2v) is 7.58. The second-order valence-electron chi connectivity index (χ2n) is 7.58. The number of hydrogen-bond acceptors (Lipinski definition) is 2. The summed E-state index contributed by atoms with van der Waals surface area (Å²) < 4.78 is 0. The van der Waals surface area contributed by atoms with E-state index in [9.17, 15) is 0 Å². The zero-order valence-electron chi connectivity index (χ0n) is 12.8. The van der Waals surface area contributed by atoms with E-state index in [4.69, 9.17) is 0 Å². The zero-order valence-corrected chi connectivity index (χ0v) is 12.8. The van der Waals surface area contributed by atoms with Crippen molar-refractivity contribution in [2.45, 2.75) is 71.4 Å². The summed E-state index contributed by atoms with van der Waals surface area (Å²) in [5, 5.41) is 3.77. The van der Waals surface area contributed by atoms with E-state index in [0.717, 1.165) is 18.0 Å². The van der Waals surface area contributed by atoms with Crippen molar-refractivity contribution in [2.75, 3.05) is 20.1 Å². The van der Waals surface area contributed by atoms with Gasteiger partial charge in [-0.15, -0.1) is 0 Å². The van der Waals surface area contributed by atoms with Crippen LogP contribution in [-0.4, -0.2) is 37.1 Å². The van der Waals surface area contributed by atoms with Crippen LogP contribution in [0.1, 0.15) is 59.3 Å². The molecular weight excluding hydrogens is 220 g/mol. The molecule has 0 unspecified atom stereocenters. The fraction of sp³-hybridized carbons (Fsp3) is 1.00. The maximum absolute atomic E-state index is 3.77. The molecule has 2 saturated carbocycles. The Labute approximate surface area is 114 Å². The van der Waals surface area contributed by atoms with E-state index in [1.165, 1.54) is 51.6 Å². The average Bonchev–Trinajstić information content (AvgIpc) is 3.12. The van der Waals surface area contributed by atoms with E-state index >= 15 is 0 Å². The first-order chi connectivity index (χ1) is 8.47. The molecule has 0 heterocycles. The molecule has 0 atom stereocenters. The molecule has 0 aromatic carbocycles. The average molecular weight is 252 g/mol. The molecule has 2 nitrogen and oxygen atoms in total. The van der Waals surface area contributed by atoms with Gasteiger partial charge in [-0.25, -0.2) is 0 Å². The standard InChI is InChI=1S/C16H32N2/c1-16(2,3)13-5-7-14(8-6-13)17-11-12-18(4)15-9-10-15/h13-15,17H,5-12H2,1-4H3. The summed E-state index contributed by atoms with van der Waals surface area (Å²) in [6.45, 7) is 9.60. The van der Waals surface area contributed by atoms with Gasteiger partial charge < -0.3 is 10.2 Å². The highest BCUT2D eigenvalue weighted by Gasteiger charge is 2.29. The summed E-state index contributed by atoms with van der Waals surface area (Å²) in [7, 11) is 2.27. The maximum atomic E-state index is 3.77. The minimum absolute atomic E-state index is 0.511. The Morgan fingerprint density at radius 2 is 1.61 bits per heavy atom. The summed E-state index contributed by atoms with van der Waals surface area (Å²) in [6.07, 6.45) is 8.45. The highest BCUT2D eigenvalue weighted by molar-refractivity contribution is 4.85. The Hall–Kier alpha value is -0.0800. The van der Waals surface area contributed by atoms with Crippen molar-refractivity contribution in [1.82, 2.24) is 10.2 Å². The molecule has 0 aliphatic heterocycles. The van der Waals surface area contributed by atoms with Crippen LogP contribution >= 0.6 is 0 Å². The van der Waals surface area contributed by atoms with Gasteiger partial charge in [0, 0.05) is 25.2 Å². The first-order valence-corrected chi connectivity index (χ1v) is 7.90. The lowest BCUT2D eigenvalue weighted by Gasteiger charge is -2.37. The molecule has 0 amide bonds. The largest absolute Gasteiger partial charge is 0.313 e. The molecular formula is C16H32N2. The summed E-state index contributed by atoms with van der Waals surface area (Å²) in [6, 6.07) is 1.69. The highest BCUT2D eigenvalue weighted by Crippen LogP contribution is 2.37. The Bertz CT molecular complexity index is 244. The van der Waals surface area contributed by atoms with E-state index in [2.05, 4.69) is 38.0 Å². The molecule has 2 aliphatic carbocycles. The van der Waals surface area contributed by atoms with Crippen LogP contribution < -0.4 is 5.32 Å². The molecule has 0 saturated heterocycles. The van der Waals surface area contributed by atoms with Crippen LogP contribution in [0.5, 0.6) is 0 Å². The number of nitrogens with one attached hydrogen (secondary N) is 1. The van der Waals surface area contributed by atoms with Crippen molar-refractivity contribution < 1.29 is 0 Å². The number of hydrogen-bond donors (Lipinski definition) is 1. The van der Waals surface area contributed by atoms with Crippen LogP contribution in [0.25, 0.3) is 0 Å². The number of nitrogens with zero attached hydrogens (tertiary/aromatic N) is 1. The Kier molecular flexibility index (Phi) is 4.71. The molecule has 18 heavy (non-hydrogen) atoms. The Morgan fingerprint density at radius 1 is 1.00 bits per heavy atom. The lowest BCUT2D eigenvalue weighted by Crippen LogP contribution is -2.40. The van der Waals surface area contributed by atoms with Crippen molar-refractivity contribution in [1.29, 1.82) is 0 Å². The third-order valence-corrected chi connectivity index (χ3v) is 5.02. The molecule has 0 aromatic heterocycles. The molecule has 2 heteroatoms. The van der Waals surface area contributed by atoms with Gasteiger partial charge in [0.15, 0.2) is 0 Å². The topological polar surface area (TPSA) is 15.3 Å². The minimum atomic E-state index is 0.511. The summed E-state index contributed by atoms with van der Waals surface area (Å²) in [5.41, 5.74) is 0.511. The Balaban J connectivity index is 1.58. The normalized spacial score (nSPS) is 29.8. The van der Waals surface area contributed by atoms with Crippen LogP contribution in [0, 0.1) is 11.3 Å². The smallest absolute Gasteiger partial charge is 0.0107 e. The van der Waals surface area contributed by atoms with Crippen molar-refractivity contribution in [3.63, 3.8) is 0 Å². The SMILES string of the molecule is CN(CCNC1CCC(C(C)(C)C)CC1)C1CC1. The van der Waals surface area contributed by atoms with Gasteiger partial charge in [-0.3, -0.25) is 0 Å². The molecule has 2 fully saturated rings. The van der Waals surface area contributed by atoms with Crippen molar-refractivity contribution >= 4 is 0 Å². The van der Waals surface area contributed by atoms with Crippen LogP contribution in [0.4, 0.5) is 0 Å². The predicted molar refractivity (Wildman–Crippen MR) is 78.9 cm³/mol. The fourth-order valence-electron chi connectivity index (χ4n) is 3.31. The molecule has 106 valence electrons. The van der Waals surface area contributed by atoms with E-state index in [-0.39, 0.29) is 0 Å². The highest BCUT2D eigenvalue weighted by atomic mass is 15.2. The second kappa shape index (κ2) is 5.92. The van der Waals surface area contributed by atoms with Crippen LogP contribution in [0.3, 0.4) is 0 Å². The molecule has 0 radical (unpaired) electrons. The van der Waals surface area contributed by atoms with Gasteiger partial charge in [0.1, 0.15) is 0 Å². The molecule has 0 aromatic rings. The zero-order chi connectivity index (χ0) is 13.2. The van der Waals surface area contributed by atoms with Gasteiger partial charge in [-0.1, -0.05) is 20.8 Å². The molecule has 0 bridgehead atoms. The first-order valence-electron chi connectivity index (χ1n) is 7.90. The third kappa shape index (κ3) is 4.24. The molecule has 0 spiro atoms. The number of likely N-dealkylation sites (N-methyl/N-ethyl adjacent to an activating group) is 1. The summed E-state index contributed by atoms with van der Waals surface area (Å²) >= 11 is 0. The third-order valence-electron chi connectivity index (χ3n) is 5.02. The Morgan fingerprint density at radius 3 is 2.11 bits per heavy atom. The van der Waals surface area contributed by atoms with Gasteiger partial charge in [-0.05, 0) is 56.9 Å². The lowest BCUT2D eigenvalue weighted by molar-refractivity contribution is 0.159.